The lowest BCUT2D eigenvalue weighted by molar-refractivity contribution is -0.111. The van der Waals surface area contributed by atoms with Crippen molar-refractivity contribution in [3.8, 4) is 5.75 Å². The normalized spacial score (nSPS) is 10.6. The van der Waals surface area contributed by atoms with Gasteiger partial charge >= 0.3 is 0 Å². The number of benzene rings is 2. The van der Waals surface area contributed by atoms with Gasteiger partial charge in [0.05, 0.1) is 12.8 Å². The van der Waals surface area contributed by atoms with E-state index in [9.17, 15) is 4.79 Å². The fourth-order valence-electron chi connectivity index (χ4n) is 1.68. The Morgan fingerprint density at radius 1 is 1.19 bits per heavy atom. The van der Waals surface area contributed by atoms with Gasteiger partial charge in [0, 0.05) is 15.0 Å². The lowest BCUT2D eigenvalue weighted by atomic mass is 10.2. The maximum atomic E-state index is 11.9. The molecule has 1 amide bonds. The summed E-state index contributed by atoms with van der Waals surface area (Å²) in [5.74, 6) is 0.559. The van der Waals surface area contributed by atoms with E-state index < -0.39 is 0 Å². The van der Waals surface area contributed by atoms with Gasteiger partial charge in [-0.25, -0.2) is 0 Å². The first-order valence-corrected chi connectivity index (χ1v) is 7.75. The Balaban J connectivity index is 2.07. The SMILES string of the molecule is COc1cccc(/C=C/C(=O)Nc2cc(Br)ccc2Br)c1. The van der Waals surface area contributed by atoms with Gasteiger partial charge in [0.1, 0.15) is 5.75 Å². The highest BCUT2D eigenvalue weighted by Gasteiger charge is 2.03. The predicted molar refractivity (Wildman–Crippen MR) is 92.5 cm³/mol. The fraction of sp³-hybridized carbons (Fsp3) is 0.0625. The highest BCUT2D eigenvalue weighted by atomic mass is 79.9. The molecule has 2 aromatic carbocycles. The summed E-state index contributed by atoms with van der Waals surface area (Å²) in [5.41, 5.74) is 1.61. The quantitative estimate of drug-likeness (QED) is 0.730. The maximum Gasteiger partial charge on any atom is 0.248 e. The summed E-state index contributed by atoms with van der Waals surface area (Å²) in [4.78, 5) is 11.9. The molecule has 5 heteroatoms. The molecule has 21 heavy (non-hydrogen) atoms. The molecule has 0 saturated carbocycles. The van der Waals surface area contributed by atoms with Gasteiger partial charge in [0.2, 0.25) is 5.91 Å². The molecular weight excluding hydrogens is 398 g/mol. The molecule has 0 heterocycles. The fourth-order valence-corrected chi connectivity index (χ4v) is 2.39. The van der Waals surface area contributed by atoms with Gasteiger partial charge in [-0.1, -0.05) is 28.1 Å². The molecule has 0 aromatic heterocycles. The van der Waals surface area contributed by atoms with Gasteiger partial charge in [0.15, 0.2) is 0 Å². The highest BCUT2D eigenvalue weighted by molar-refractivity contribution is 9.11. The summed E-state index contributed by atoms with van der Waals surface area (Å²) in [6.45, 7) is 0. The third-order valence-electron chi connectivity index (χ3n) is 2.71. The Morgan fingerprint density at radius 3 is 2.76 bits per heavy atom. The lowest BCUT2D eigenvalue weighted by Gasteiger charge is -2.05. The average molecular weight is 411 g/mol. The number of anilines is 1. The lowest BCUT2D eigenvalue weighted by Crippen LogP contribution is -2.08. The molecule has 2 aromatic rings. The molecule has 0 radical (unpaired) electrons. The topological polar surface area (TPSA) is 38.3 Å². The molecule has 108 valence electrons. The summed E-state index contributed by atoms with van der Waals surface area (Å²) in [7, 11) is 1.61. The summed E-state index contributed by atoms with van der Waals surface area (Å²) in [6, 6.07) is 13.1. The second-order valence-electron chi connectivity index (χ2n) is 4.22. The van der Waals surface area contributed by atoms with Crippen molar-refractivity contribution in [3.05, 3.63) is 63.0 Å². The molecule has 0 aliphatic heterocycles. The van der Waals surface area contributed by atoms with Crippen molar-refractivity contribution in [1.29, 1.82) is 0 Å². The van der Waals surface area contributed by atoms with Gasteiger partial charge in [0.25, 0.3) is 0 Å². The molecule has 0 aliphatic rings. The third-order valence-corrected chi connectivity index (χ3v) is 3.89. The van der Waals surface area contributed by atoms with E-state index >= 15 is 0 Å². The highest BCUT2D eigenvalue weighted by Crippen LogP contribution is 2.26. The molecule has 1 N–H and O–H groups in total. The minimum atomic E-state index is -0.198. The van der Waals surface area contributed by atoms with Crippen LogP contribution in [0.2, 0.25) is 0 Å². The first-order chi connectivity index (χ1) is 10.1. The van der Waals surface area contributed by atoms with Crippen LogP contribution in [0.5, 0.6) is 5.75 Å². The van der Waals surface area contributed by atoms with Crippen molar-refractivity contribution in [3.63, 3.8) is 0 Å². The van der Waals surface area contributed by atoms with Crippen LogP contribution >= 0.6 is 31.9 Å². The zero-order valence-corrected chi connectivity index (χ0v) is 14.4. The van der Waals surface area contributed by atoms with Crippen molar-refractivity contribution < 1.29 is 9.53 Å². The van der Waals surface area contributed by atoms with Crippen molar-refractivity contribution in [2.75, 3.05) is 12.4 Å². The minimum Gasteiger partial charge on any atom is -0.497 e. The number of hydrogen-bond donors (Lipinski definition) is 1. The van der Waals surface area contributed by atoms with Gasteiger partial charge in [-0.05, 0) is 57.9 Å². The van der Waals surface area contributed by atoms with Gasteiger partial charge in [-0.2, -0.15) is 0 Å². The van der Waals surface area contributed by atoms with Crippen molar-refractivity contribution >= 4 is 49.5 Å². The monoisotopic (exact) mass is 409 g/mol. The van der Waals surface area contributed by atoms with Gasteiger partial charge < -0.3 is 10.1 Å². The van der Waals surface area contributed by atoms with E-state index in [4.69, 9.17) is 4.74 Å². The molecule has 2 rings (SSSR count). The molecular formula is C16H13Br2NO2. The minimum absolute atomic E-state index is 0.198. The Hall–Kier alpha value is -1.59. The van der Waals surface area contributed by atoms with Crippen LogP contribution in [0, 0.1) is 0 Å². The zero-order valence-electron chi connectivity index (χ0n) is 11.3. The number of halogens is 2. The van der Waals surface area contributed by atoms with E-state index in [-0.39, 0.29) is 5.91 Å². The molecule has 0 bridgehead atoms. The summed E-state index contributed by atoms with van der Waals surface area (Å²) in [5, 5.41) is 2.82. The van der Waals surface area contributed by atoms with Crippen LogP contribution in [0.3, 0.4) is 0 Å². The zero-order chi connectivity index (χ0) is 15.2. The Kier molecular flexibility index (Phi) is 5.59. The van der Waals surface area contributed by atoms with E-state index in [1.54, 1.807) is 13.2 Å². The van der Waals surface area contributed by atoms with Crippen LogP contribution in [-0.2, 0) is 4.79 Å². The van der Waals surface area contributed by atoms with Crippen molar-refractivity contribution in [2.45, 2.75) is 0 Å². The van der Waals surface area contributed by atoms with E-state index in [0.717, 1.165) is 20.3 Å². The molecule has 0 fully saturated rings. The van der Waals surface area contributed by atoms with Gasteiger partial charge in [-0.3, -0.25) is 4.79 Å². The van der Waals surface area contributed by atoms with Crippen LogP contribution in [-0.4, -0.2) is 13.0 Å². The van der Waals surface area contributed by atoms with E-state index in [1.807, 2.05) is 42.5 Å². The van der Waals surface area contributed by atoms with Crippen molar-refractivity contribution in [2.24, 2.45) is 0 Å². The molecule has 0 unspecified atom stereocenters. The second-order valence-corrected chi connectivity index (χ2v) is 5.99. The number of carbonyl (C=O) groups is 1. The van der Waals surface area contributed by atoms with Crippen LogP contribution in [0.4, 0.5) is 5.69 Å². The predicted octanol–water partition coefficient (Wildman–Crippen LogP) is 4.87. The first-order valence-electron chi connectivity index (χ1n) is 6.16. The largest absolute Gasteiger partial charge is 0.497 e. The van der Waals surface area contributed by atoms with Crippen LogP contribution in [0.15, 0.2) is 57.5 Å². The Morgan fingerprint density at radius 2 is 2.00 bits per heavy atom. The molecule has 0 atom stereocenters. The van der Waals surface area contributed by atoms with Crippen molar-refractivity contribution in [1.82, 2.24) is 0 Å². The maximum absolute atomic E-state index is 11.9. The van der Waals surface area contributed by atoms with Gasteiger partial charge in [-0.15, -0.1) is 0 Å². The summed E-state index contributed by atoms with van der Waals surface area (Å²) in [6.07, 6.45) is 3.23. The number of rotatable bonds is 4. The van der Waals surface area contributed by atoms with Crippen LogP contribution < -0.4 is 10.1 Å². The molecule has 3 nitrogen and oxygen atoms in total. The number of amides is 1. The molecule has 0 saturated heterocycles. The van der Waals surface area contributed by atoms with Crippen LogP contribution in [0.1, 0.15) is 5.56 Å². The average Bonchev–Trinajstić information content (AvgIpc) is 2.49. The van der Waals surface area contributed by atoms with Crippen LogP contribution in [0.25, 0.3) is 6.08 Å². The Labute approximate surface area is 140 Å². The Bertz CT molecular complexity index is 684. The molecule has 0 aliphatic carbocycles. The number of nitrogens with one attached hydrogen (secondary N) is 1. The smallest absolute Gasteiger partial charge is 0.248 e. The number of ether oxygens (including phenoxy) is 1. The van der Waals surface area contributed by atoms with E-state index in [2.05, 4.69) is 37.2 Å². The number of carbonyl (C=O) groups excluding carboxylic acids is 1. The second kappa shape index (κ2) is 7.43. The van der Waals surface area contributed by atoms with E-state index in [0.29, 0.717) is 5.69 Å². The summed E-state index contributed by atoms with van der Waals surface area (Å²) >= 11 is 6.77. The standard InChI is InChI=1S/C16H13Br2NO2/c1-21-13-4-2-3-11(9-13)5-8-16(20)19-15-10-12(17)6-7-14(15)18/h2-10H,1H3,(H,19,20)/b8-5+. The summed E-state index contributed by atoms with van der Waals surface area (Å²) < 4.78 is 6.87. The molecule has 0 spiro atoms. The third kappa shape index (κ3) is 4.72. The van der Waals surface area contributed by atoms with E-state index in [1.165, 1.54) is 6.08 Å². The number of methoxy groups -OCH3 is 1. The number of hydrogen-bond acceptors (Lipinski definition) is 2. The first kappa shape index (κ1) is 15.8.